The lowest BCUT2D eigenvalue weighted by Crippen LogP contribution is -2.25. The third-order valence-corrected chi connectivity index (χ3v) is 5.17. The first kappa shape index (κ1) is 19.1. The number of carbonyl (C=O) groups is 1. The molecule has 142 valence electrons. The van der Waals surface area contributed by atoms with Crippen molar-refractivity contribution in [3.05, 3.63) is 58.4 Å². The second kappa shape index (κ2) is 7.15. The molecule has 2 aromatic heterocycles. The Labute approximate surface area is 158 Å². The van der Waals surface area contributed by atoms with Crippen molar-refractivity contribution in [1.29, 1.82) is 0 Å². The van der Waals surface area contributed by atoms with Crippen molar-refractivity contribution in [2.24, 2.45) is 7.05 Å². The van der Waals surface area contributed by atoms with E-state index in [0.717, 1.165) is 17.7 Å². The number of aryl methyl sites for hydroxylation is 2. The smallest absolute Gasteiger partial charge is 0.337 e. The summed E-state index contributed by atoms with van der Waals surface area (Å²) in [7, 11) is 3.49. The molecule has 0 atom stereocenters. The third-order valence-electron chi connectivity index (χ3n) is 3.97. The molecule has 0 spiro atoms. The number of aromatic nitrogens is 3. The van der Waals surface area contributed by atoms with Gasteiger partial charge < -0.3 is 4.90 Å². The zero-order chi connectivity index (χ0) is 19.8. The highest BCUT2D eigenvalue weighted by Gasteiger charge is 2.30. The Balaban J connectivity index is 1.80. The van der Waals surface area contributed by atoms with E-state index in [2.05, 4.69) is 10.1 Å². The second-order valence-corrected chi connectivity index (χ2v) is 7.19. The molecule has 0 bridgehead atoms. The van der Waals surface area contributed by atoms with E-state index in [4.69, 9.17) is 0 Å². The van der Waals surface area contributed by atoms with Gasteiger partial charge in [-0.3, -0.25) is 9.48 Å². The Morgan fingerprint density at radius 1 is 1.26 bits per heavy atom. The minimum atomic E-state index is -4.38. The maximum atomic E-state index is 12.7. The van der Waals surface area contributed by atoms with E-state index in [0.29, 0.717) is 27.7 Å². The molecule has 0 N–H and O–H groups in total. The number of rotatable bonds is 4. The molecule has 27 heavy (non-hydrogen) atoms. The van der Waals surface area contributed by atoms with Gasteiger partial charge in [0.15, 0.2) is 0 Å². The number of thiazole rings is 1. The van der Waals surface area contributed by atoms with Crippen LogP contribution in [-0.2, 0) is 19.8 Å². The molecule has 0 aliphatic heterocycles. The van der Waals surface area contributed by atoms with E-state index in [1.165, 1.54) is 23.5 Å². The van der Waals surface area contributed by atoms with Crippen LogP contribution >= 0.6 is 11.3 Å². The number of amides is 1. The van der Waals surface area contributed by atoms with Gasteiger partial charge in [0.05, 0.1) is 17.5 Å². The van der Waals surface area contributed by atoms with Gasteiger partial charge in [0, 0.05) is 38.0 Å². The minimum Gasteiger partial charge on any atom is -0.337 e. The number of alkyl halides is 3. The van der Waals surface area contributed by atoms with Gasteiger partial charge in [0.1, 0.15) is 9.88 Å². The first-order valence-electron chi connectivity index (χ1n) is 8.03. The Morgan fingerprint density at radius 3 is 2.48 bits per heavy atom. The fourth-order valence-corrected chi connectivity index (χ4v) is 3.66. The summed E-state index contributed by atoms with van der Waals surface area (Å²) in [5, 5.41) is 4.59. The molecule has 1 aromatic carbocycles. The van der Waals surface area contributed by atoms with Crippen LogP contribution in [0.25, 0.3) is 10.6 Å². The Hall–Kier alpha value is -2.68. The van der Waals surface area contributed by atoms with E-state index in [1.54, 1.807) is 36.8 Å². The van der Waals surface area contributed by atoms with E-state index in [1.807, 2.05) is 6.20 Å². The molecule has 3 aromatic rings. The van der Waals surface area contributed by atoms with Crippen molar-refractivity contribution < 1.29 is 18.0 Å². The predicted octanol–water partition coefficient (Wildman–Crippen LogP) is 4.14. The van der Waals surface area contributed by atoms with E-state index < -0.39 is 11.7 Å². The van der Waals surface area contributed by atoms with Crippen molar-refractivity contribution >= 4 is 17.2 Å². The standard InChI is InChI=1S/C18H17F3N4OS/c1-11-15(17(26)24(2)9-12-8-22-25(3)10-12)27-16(23-11)13-4-6-14(7-5-13)18(19,20)21/h4-8,10H,9H2,1-3H3. The van der Waals surface area contributed by atoms with Crippen LogP contribution in [-0.4, -0.2) is 32.6 Å². The molecule has 5 nitrogen and oxygen atoms in total. The Morgan fingerprint density at radius 2 is 1.93 bits per heavy atom. The van der Waals surface area contributed by atoms with E-state index in [9.17, 15) is 18.0 Å². The summed E-state index contributed by atoms with van der Waals surface area (Å²) in [4.78, 5) is 19.1. The summed E-state index contributed by atoms with van der Waals surface area (Å²) < 4.78 is 39.7. The fourth-order valence-electron chi connectivity index (χ4n) is 2.59. The van der Waals surface area contributed by atoms with Gasteiger partial charge in [-0.25, -0.2) is 4.98 Å². The lowest BCUT2D eigenvalue weighted by atomic mass is 10.1. The minimum absolute atomic E-state index is 0.188. The highest BCUT2D eigenvalue weighted by molar-refractivity contribution is 7.17. The normalized spacial score (nSPS) is 11.6. The van der Waals surface area contributed by atoms with Crippen LogP contribution in [0.2, 0.25) is 0 Å². The van der Waals surface area contributed by atoms with Crippen LogP contribution in [0.5, 0.6) is 0 Å². The largest absolute Gasteiger partial charge is 0.416 e. The molecule has 0 saturated heterocycles. The van der Waals surface area contributed by atoms with Crippen LogP contribution in [0.4, 0.5) is 13.2 Å². The highest BCUT2D eigenvalue weighted by Crippen LogP contribution is 2.33. The van der Waals surface area contributed by atoms with Crippen molar-refractivity contribution in [1.82, 2.24) is 19.7 Å². The summed E-state index contributed by atoms with van der Waals surface area (Å²) in [6, 6.07) is 4.77. The van der Waals surface area contributed by atoms with Crippen LogP contribution in [0.15, 0.2) is 36.7 Å². The quantitative estimate of drug-likeness (QED) is 0.668. The summed E-state index contributed by atoms with van der Waals surface area (Å²) in [5.41, 5.74) is 1.29. The molecule has 0 fully saturated rings. The van der Waals surface area contributed by atoms with Gasteiger partial charge >= 0.3 is 6.18 Å². The Bertz CT molecular complexity index is 960. The summed E-state index contributed by atoms with van der Waals surface area (Å²) in [5.74, 6) is -0.188. The van der Waals surface area contributed by atoms with Gasteiger partial charge in [0.2, 0.25) is 0 Å². The van der Waals surface area contributed by atoms with Crippen molar-refractivity contribution in [2.45, 2.75) is 19.6 Å². The molecule has 0 saturated carbocycles. The first-order valence-corrected chi connectivity index (χ1v) is 8.85. The lowest BCUT2D eigenvalue weighted by Gasteiger charge is -2.15. The molecule has 3 rings (SSSR count). The number of hydrogen-bond acceptors (Lipinski definition) is 4. The van der Waals surface area contributed by atoms with Gasteiger partial charge in [-0.15, -0.1) is 11.3 Å². The number of carbonyl (C=O) groups excluding carboxylic acids is 1. The van der Waals surface area contributed by atoms with Gasteiger partial charge in [-0.1, -0.05) is 12.1 Å². The van der Waals surface area contributed by atoms with Crippen molar-refractivity contribution in [2.75, 3.05) is 7.05 Å². The van der Waals surface area contributed by atoms with Gasteiger partial charge in [-0.05, 0) is 19.1 Å². The molecule has 0 aliphatic rings. The summed E-state index contributed by atoms with van der Waals surface area (Å²) in [6.07, 6.45) is -0.860. The first-order chi connectivity index (χ1) is 12.6. The number of benzene rings is 1. The molecule has 2 heterocycles. The average molecular weight is 394 g/mol. The molecule has 0 unspecified atom stereocenters. The molecule has 9 heteroatoms. The maximum Gasteiger partial charge on any atom is 0.416 e. The third kappa shape index (κ3) is 4.19. The van der Waals surface area contributed by atoms with Crippen molar-refractivity contribution in [3.8, 4) is 10.6 Å². The molecule has 0 radical (unpaired) electrons. The molecule has 1 amide bonds. The van der Waals surface area contributed by atoms with Gasteiger partial charge in [-0.2, -0.15) is 18.3 Å². The van der Waals surface area contributed by atoms with Crippen molar-refractivity contribution in [3.63, 3.8) is 0 Å². The predicted molar refractivity (Wildman–Crippen MR) is 96.3 cm³/mol. The van der Waals surface area contributed by atoms with Crippen LogP contribution < -0.4 is 0 Å². The van der Waals surface area contributed by atoms with Gasteiger partial charge in [0.25, 0.3) is 5.91 Å². The van der Waals surface area contributed by atoms with Crippen LogP contribution in [0.3, 0.4) is 0 Å². The molecule has 0 aliphatic carbocycles. The van der Waals surface area contributed by atoms with E-state index in [-0.39, 0.29) is 5.91 Å². The SMILES string of the molecule is Cc1nc(-c2ccc(C(F)(F)F)cc2)sc1C(=O)N(C)Cc1cnn(C)c1. The Kier molecular flexibility index (Phi) is 5.05. The maximum absolute atomic E-state index is 12.7. The number of hydrogen-bond donors (Lipinski definition) is 0. The topological polar surface area (TPSA) is 51.0 Å². The number of nitrogens with zero attached hydrogens (tertiary/aromatic N) is 4. The summed E-state index contributed by atoms with van der Waals surface area (Å²) >= 11 is 1.17. The second-order valence-electron chi connectivity index (χ2n) is 6.19. The monoisotopic (exact) mass is 394 g/mol. The molecular weight excluding hydrogens is 377 g/mol. The lowest BCUT2D eigenvalue weighted by molar-refractivity contribution is -0.137. The number of halogens is 3. The van der Waals surface area contributed by atoms with E-state index >= 15 is 0 Å². The summed E-state index contributed by atoms with van der Waals surface area (Å²) in [6.45, 7) is 2.12. The zero-order valence-corrected chi connectivity index (χ0v) is 15.7. The zero-order valence-electron chi connectivity index (χ0n) is 14.9. The highest BCUT2D eigenvalue weighted by atomic mass is 32.1. The van der Waals surface area contributed by atoms with Crippen LogP contribution in [0.1, 0.15) is 26.5 Å². The molecular formula is C18H17F3N4OS. The average Bonchev–Trinajstić information content (AvgIpc) is 3.19. The van der Waals surface area contributed by atoms with Crippen LogP contribution in [0, 0.1) is 6.92 Å². The fraction of sp³-hybridized carbons (Fsp3) is 0.278.